The van der Waals surface area contributed by atoms with Gasteiger partial charge in [-0.2, -0.15) is 0 Å². The molecule has 0 bridgehead atoms. The lowest BCUT2D eigenvalue weighted by Crippen LogP contribution is -2.43. The summed E-state index contributed by atoms with van der Waals surface area (Å²) < 4.78 is 35.4. The van der Waals surface area contributed by atoms with Gasteiger partial charge >= 0.3 is 0 Å². The highest BCUT2D eigenvalue weighted by Crippen LogP contribution is 2.34. The highest BCUT2D eigenvalue weighted by atomic mass is 35.5. The van der Waals surface area contributed by atoms with Crippen molar-refractivity contribution in [2.24, 2.45) is 0 Å². The number of rotatable bonds is 8. The van der Waals surface area contributed by atoms with Crippen molar-refractivity contribution in [1.82, 2.24) is 19.6 Å². The minimum absolute atomic E-state index is 0. The molecule has 0 spiro atoms. The normalized spacial score (nSPS) is 15.1. The van der Waals surface area contributed by atoms with E-state index in [0.717, 1.165) is 24.2 Å². The van der Waals surface area contributed by atoms with Crippen molar-refractivity contribution in [1.29, 1.82) is 0 Å². The molecule has 0 saturated carbocycles. The Morgan fingerprint density at radius 2 is 1.97 bits per heavy atom. The Bertz CT molecular complexity index is 1260. The third kappa shape index (κ3) is 6.71. The van der Waals surface area contributed by atoms with Gasteiger partial charge in [0, 0.05) is 54.4 Å². The van der Waals surface area contributed by atoms with Gasteiger partial charge in [-0.15, -0.1) is 36.2 Å². The number of halogens is 2. The van der Waals surface area contributed by atoms with Crippen LogP contribution in [-0.4, -0.2) is 56.1 Å². The maximum Gasteiger partial charge on any atom is 0.251 e. The number of hydrogen-bond donors (Lipinski definition) is 2. The van der Waals surface area contributed by atoms with Crippen LogP contribution in [0.3, 0.4) is 0 Å². The molecule has 1 saturated heterocycles. The molecular formula is C23H30Cl2N4O4S2. The van der Waals surface area contributed by atoms with Gasteiger partial charge in [-0.3, -0.25) is 14.7 Å². The Morgan fingerprint density at radius 3 is 2.63 bits per heavy atom. The quantitative estimate of drug-likeness (QED) is 0.436. The smallest absolute Gasteiger partial charge is 0.251 e. The molecule has 3 aromatic heterocycles. The number of morpholine rings is 1. The summed E-state index contributed by atoms with van der Waals surface area (Å²) in [6.07, 6.45) is 4.05. The van der Waals surface area contributed by atoms with Gasteiger partial charge in [0.15, 0.2) is 0 Å². The molecule has 2 N–H and O–H groups in total. The standard InChI is InChI=1S/C23H28N4O4S2.2ClH/c1-3-17-13-20(16(2)26-22(17)28)19-6-12-32-23(19)33(29,30)25-15-21(18-5-4-7-24-14-18)27-8-10-31-11-9-27;;/h4-7,12-14,21,25H,3,8-11,15H2,1-2H3,(H,26,28);2*1H/t21-;;/m1../s1. The minimum Gasteiger partial charge on any atom is -0.379 e. The third-order valence-corrected chi connectivity index (χ3v) is 8.79. The van der Waals surface area contributed by atoms with Gasteiger partial charge in [0.05, 0.1) is 19.3 Å². The number of thiophene rings is 1. The second-order valence-corrected chi connectivity index (χ2v) is 10.8. The molecule has 192 valence electrons. The molecule has 3 aromatic rings. The van der Waals surface area contributed by atoms with Crippen molar-refractivity contribution in [3.63, 3.8) is 0 Å². The summed E-state index contributed by atoms with van der Waals surface area (Å²) in [6.45, 7) is 6.59. The SMILES string of the molecule is CCc1cc(-c2ccsc2S(=O)(=O)NC[C@H](c2cccnc2)N2CCOCC2)c(C)[nH]c1=O.Cl.Cl. The summed E-state index contributed by atoms with van der Waals surface area (Å²) in [5.41, 5.74) is 3.42. The fourth-order valence-electron chi connectivity index (χ4n) is 4.09. The Labute approximate surface area is 222 Å². The fourth-order valence-corrected chi connectivity index (χ4v) is 6.54. The third-order valence-electron chi connectivity index (χ3n) is 5.88. The van der Waals surface area contributed by atoms with Crippen LogP contribution in [0.4, 0.5) is 0 Å². The van der Waals surface area contributed by atoms with Crippen molar-refractivity contribution in [3.8, 4) is 11.1 Å². The molecule has 1 aliphatic heterocycles. The zero-order chi connectivity index (χ0) is 23.4. The van der Waals surface area contributed by atoms with Crippen LogP contribution in [0.5, 0.6) is 0 Å². The van der Waals surface area contributed by atoms with Crippen LogP contribution in [0, 0.1) is 6.92 Å². The van der Waals surface area contributed by atoms with Crippen LogP contribution in [-0.2, 0) is 21.2 Å². The van der Waals surface area contributed by atoms with E-state index in [-0.39, 0.29) is 47.2 Å². The molecule has 0 radical (unpaired) electrons. The maximum atomic E-state index is 13.4. The van der Waals surface area contributed by atoms with Crippen LogP contribution >= 0.6 is 36.2 Å². The molecule has 8 nitrogen and oxygen atoms in total. The lowest BCUT2D eigenvalue weighted by Gasteiger charge is -2.34. The van der Waals surface area contributed by atoms with Gasteiger partial charge in [-0.25, -0.2) is 13.1 Å². The number of nitrogens with one attached hydrogen (secondary N) is 2. The van der Waals surface area contributed by atoms with Crippen molar-refractivity contribution >= 4 is 46.2 Å². The van der Waals surface area contributed by atoms with E-state index in [1.165, 1.54) is 11.3 Å². The first kappa shape index (κ1) is 29.4. The molecule has 1 atom stereocenters. The van der Waals surface area contributed by atoms with Gasteiger partial charge in [0.2, 0.25) is 0 Å². The van der Waals surface area contributed by atoms with Crippen LogP contribution in [0.15, 0.2) is 51.0 Å². The predicted octanol–water partition coefficient (Wildman–Crippen LogP) is 3.56. The number of aromatic amines is 1. The van der Waals surface area contributed by atoms with Crippen molar-refractivity contribution in [3.05, 3.63) is 69.2 Å². The second kappa shape index (κ2) is 13.0. The van der Waals surface area contributed by atoms with Crippen molar-refractivity contribution < 1.29 is 13.2 Å². The molecule has 4 heterocycles. The van der Waals surface area contributed by atoms with E-state index in [4.69, 9.17) is 4.74 Å². The van der Waals surface area contributed by atoms with Crippen molar-refractivity contribution in [2.45, 2.75) is 30.5 Å². The first-order valence-corrected chi connectivity index (χ1v) is 13.3. The van der Waals surface area contributed by atoms with Crippen LogP contribution in [0.2, 0.25) is 0 Å². The number of hydrogen-bond acceptors (Lipinski definition) is 7. The molecule has 0 aliphatic carbocycles. The van der Waals surface area contributed by atoms with Crippen LogP contribution < -0.4 is 10.3 Å². The monoisotopic (exact) mass is 560 g/mol. The summed E-state index contributed by atoms with van der Waals surface area (Å²) in [5, 5.41) is 1.76. The highest BCUT2D eigenvalue weighted by molar-refractivity contribution is 7.91. The first-order valence-electron chi connectivity index (χ1n) is 10.9. The average molecular weight is 562 g/mol. The highest BCUT2D eigenvalue weighted by Gasteiger charge is 2.27. The largest absolute Gasteiger partial charge is 0.379 e. The van der Waals surface area contributed by atoms with E-state index in [0.29, 0.717) is 36.5 Å². The molecule has 0 unspecified atom stereocenters. The number of aromatic nitrogens is 2. The Balaban J connectivity index is 0.00000216. The number of aryl methyl sites for hydroxylation is 2. The molecule has 0 aromatic carbocycles. The van der Waals surface area contributed by atoms with Gasteiger partial charge in [0.1, 0.15) is 4.21 Å². The average Bonchev–Trinajstić information content (AvgIpc) is 3.31. The first-order chi connectivity index (χ1) is 15.9. The molecule has 1 aliphatic rings. The summed E-state index contributed by atoms with van der Waals surface area (Å²) in [6, 6.07) is 7.26. The topological polar surface area (TPSA) is 104 Å². The van der Waals surface area contributed by atoms with E-state index in [1.54, 1.807) is 36.8 Å². The molecule has 0 amide bonds. The van der Waals surface area contributed by atoms with Gasteiger partial charge < -0.3 is 9.72 Å². The van der Waals surface area contributed by atoms with Gasteiger partial charge in [-0.05, 0) is 42.5 Å². The fraction of sp³-hybridized carbons (Fsp3) is 0.391. The zero-order valence-electron chi connectivity index (χ0n) is 19.5. The number of H-pyrrole nitrogens is 1. The van der Waals surface area contributed by atoms with E-state index < -0.39 is 10.0 Å². The number of ether oxygens (including phenoxy) is 1. The Kier molecular flexibility index (Phi) is 10.9. The van der Waals surface area contributed by atoms with E-state index >= 15 is 0 Å². The number of nitrogens with zero attached hydrogens (tertiary/aromatic N) is 2. The summed E-state index contributed by atoms with van der Waals surface area (Å²) in [5.74, 6) is 0. The van der Waals surface area contributed by atoms with E-state index in [2.05, 4.69) is 19.6 Å². The maximum absolute atomic E-state index is 13.4. The predicted molar refractivity (Wildman–Crippen MR) is 144 cm³/mol. The Morgan fingerprint density at radius 1 is 1.23 bits per heavy atom. The number of sulfonamides is 1. The minimum atomic E-state index is -3.79. The summed E-state index contributed by atoms with van der Waals surface area (Å²) >= 11 is 1.17. The summed E-state index contributed by atoms with van der Waals surface area (Å²) in [4.78, 5) is 21.4. The van der Waals surface area contributed by atoms with Crippen molar-refractivity contribution in [2.75, 3.05) is 32.8 Å². The van der Waals surface area contributed by atoms with E-state index in [1.807, 2.05) is 19.1 Å². The second-order valence-electron chi connectivity index (χ2n) is 7.94. The molecule has 4 rings (SSSR count). The van der Waals surface area contributed by atoms with Crippen LogP contribution in [0.1, 0.15) is 29.8 Å². The lowest BCUT2D eigenvalue weighted by molar-refractivity contribution is 0.0171. The Hall–Kier alpha value is -1.79. The van der Waals surface area contributed by atoms with Crippen LogP contribution in [0.25, 0.3) is 11.1 Å². The molecule has 35 heavy (non-hydrogen) atoms. The number of pyridine rings is 2. The molecule has 12 heteroatoms. The van der Waals surface area contributed by atoms with Gasteiger partial charge in [-0.1, -0.05) is 13.0 Å². The summed E-state index contributed by atoms with van der Waals surface area (Å²) in [7, 11) is -3.79. The molecule has 1 fully saturated rings. The lowest BCUT2D eigenvalue weighted by atomic mass is 10.0. The van der Waals surface area contributed by atoms with E-state index in [9.17, 15) is 13.2 Å². The molecular weight excluding hydrogens is 531 g/mol. The zero-order valence-corrected chi connectivity index (χ0v) is 22.8. The van der Waals surface area contributed by atoms with Gasteiger partial charge in [0.25, 0.3) is 15.6 Å².